The Morgan fingerprint density at radius 2 is 1.21 bits per heavy atom. The fourth-order valence-corrected chi connectivity index (χ4v) is 3.31. The Morgan fingerprint density at radius 1 is 0.724 bits per heavy atom. The fourth-order valence-electron chi connectivity index (χ4n) is 3.31. The van der Waals surface area contributed by atoms with Crippen molar-refractivity contribution in [2.75, 3.05) is 26.4 Å². The SMILES string of the molecule is CCCCCCCCC=CCCCCCCCC(=O)OCC(CO)C(CO)CO. The number of esters is 1. The van der Waals surface area contributed by atoms with Gasteiger partial charge in [-0.1, -0.05) is 70.4 Å². The van der Waals surface area contributed by atoms with Gasteiger partial charge in [0.2, 0.25) is 0 Å². The second kappa shape index (κ2) is 21.8. The van der Waals surface area contributed by atoms with Gasteiger partial charge < -0.3 is 20.1 Å². The van der Waals surface area contributed by atoms with Gasteiger partial charge in [-0.05, 0) is 32.1 Å². The summed E-state index contributed by atoms with van der Waals surface area (Å²) in [7, 11) is 0. The van der Waals surface area contributed by atoms with Crippen LogP contribution >= 0.6 is 0 Å². The van der Waals surface area contributed by atoms with Crippen molar-refractivity contribution in [2.45, 2.75) is 96.8 Å². The number of aliphatic hydroxyl groups excluding tert-OH is 3. The first kappa shape index (κ1) is 28.1. The van der Waals surface area contributed by atoms with Gasteiger partial charge >= 0.3 is 5.97 Å². The molecular formula is C24H46O5. The van der Waals surface area contributed by atoms with Crippen LogP contribution in [-0.2, 0) is 9.53 Å². The number of rotatable bonds is 21. The zero-order valence-corrected chi connectivity index (χ0v) is 18.7. The first-order valence-electron chi connectivity index (χ1n) is 11.8. The highest BCUT2D eigenvalue weighted by Gasteiger charge is 2.21. The molecule has 29 heavy (non-hydrogen) atoms. The van der Waals surface area contributed by atoms with E-state index in [4.69, 9.17) is 14.9 Å². The summed E-state index contributed by atoms with van der Waals surface area (Å²) in [5.41, 5.74) is 0. The molecule has 172 valence electrons. The second-order valence-electron chi connectivity index (χ2n) is 8.09. The minimum atomic E-state index is -0.451. The number of carbonyl (C=O) groups is 1. The second-order valence-corrected chi connectivity index (χ2v) is 8.09. The first-order valence-corrected chi connectivity index (χ1v) is 11.8. The number of hydrogen-bond donors (Lipinski definition) is 3. The summed E-state index contributed by atoms with van der Waals surface area (Å²) in [4.78, 5) is 11.8. The zero-order chi connectivity index (χ0) is 21.6. The maximum absolute atomic E-state index is 11.8. The van der Waals surface area contributed by atoms with Gasteiger partial charge in [-0.2, -0.15) is 0 Å². The van der Waals surface area contributed by atoms with Crippen LogP contribution in [0.4, 0.5) is 0 Å². The molecule has 0 saturated carbocycles. The van der Waals surface area contributed by atoms with Gasteiger partial charge in [0.05, 0.1) is 6.61 Å². The first-order chi connectivity index (χ1) is 14.2. The maximum Gasteiger partial charge on any atom is 0.305 e. The van der Waals surface area contributed by atoms with Gasteiger partial charge in [0.25, 0.3) is 0 Å². The minimum absolute atomic E-state index is 0.0478. The van der Waals surface area contributed by atoms with Crippen molar-refractivity contribution in [1.82, 2.24) is 0 Å². The van der Waals surface area contributed by atoms with Crippen LogP contribution in [0.5, 0.6) is 0 Å². The number of ether oxygens (including phenoxy) is 1. The lowest BCUT2D eigenvalue weighted by Gasteiger charge is -2.21. The highest BCUT2D eigenvalue weighted by molar-refractivity contribution is 5.69. The minimum Gasteiger partial charge on any atom is -0.465 e. The molecule has 5 heteroatoms. The number of carbonyl (C=O) groups excluding carboxylic acids is 1. The van der Waals surface area contributed by atoms with Crippen LogP contribution in [0.2, 0.25) is 0 Å². The van der Waals surface area contributed by atoms with Crippen LogP contribution in [0.3, 0.4) is 0 Å². The Balaban J connectivity index is 3.47. The van der Waals surface area contributed by atoms with Crippen LogP contribution in [0.25, 0.3) is 0 Å². The van der Waals surface area contributed by atoms with Crippen molar-refractivity contribution in [3.63, 3.8) is 0 Å². The average Bonchev–Trinajstić information content (AvgIpc) is 2.73. The third-order valence-electron chi connectivity index (χ3n) is 5.47. The lowest BCUT2D eigenvalue weighted by molar-refractivity contribution is -0.146. The van der Waals surface area contributed by atoms with E-state index in [1.165, 1.54) is 57.8 Å². The van der Waals surface area contributed by atoms with E-state index >= 15 is 0 Å². The molecule has 0 aliphatic heterocycles. The van der Waals surface area contributed by atoms with Crippen LogP contribution in [0.15, 0.2) is 12.2 Å². The molecular weight excluding hydrogens is 368 g/mol. The number of hydrogen-bond acceptors (Lipinski definition) is 5. The molecule has 0 aromatic carbocycles. The third kappa shape index (κ3) is 17.6. The lowest BCUT2D eigenvalue weighted by atomic mass is 9.95. The smallest absolute Gasteiger partial charge is 0.305 e. The largest absolute Gasteiger partial charge is 0.465 e. The molecule has 0 rings (SSSR count). The molecule has 0 aliphatic rings. The summed E-state index contributed by atoms with van der Waals surface area (Å²) in [6.45, 7) is 1.63. The average molecular weight is 415 g/mol. The Hall–Kier alpha value is -0.910. The third-order valence-corrected chi connectivity index (χ3v) is 5.47. The fraction of sp³-hybridized carbons (Fsp3) is 0.875. The van der Waals surface area contributed by atoms with E-state index in [9.17, 15) is 9.90 Å². The van der Waals surface area contributed by atoms with Crippen molar-refractivity contribution in [3.05, 3.63) is 12.2 Å². The quantitative estimate of drug-likeness (QED) is 0.143. The molecule has 0 bridgehead atoms. The Morgan fingerprint density at radius 3 is 1.72 bits per heavy atom. The molecule has 5 nitrogen and oxygen atoms in total. The summed E-state index contributed by atoms with van der Waals surface area (Å²) in [5.74, 6) is -1.13. The highest BCUT2D eigenvalue weighted by atomic mass is 16.5. The van der Waals surface area contributed by atoms with Crippen molar-refractivity contribution >= 4 is 5.97 Å². The molecule has 0 amide bonds. The molecule has 0 heterocycles. The van der Waals surface area contributed by atoms with Crippen LogP contribution in [-0.4, -0.2) is 47.7 Å². The van der Waals surface area contributed by atoms with E-state index in [0.717, 1.165) is 25.7 Å². The Kier molecular flexibility index (Phi) is 21.1. The molecule has 0 aliphatic carbocycles. The van der Waals surface area contributed by atoms with Crippen molar-refractivity contribution < 1.29 is 24.9 Å². The van der Waals surface area contributed by atoms with Gasteiger partial charge in [0, 0.05) is 38.1 Å². The molecule has 0 spiro atoms. The van der Waals surface area contributed by atoms with Crippen molar-refractivity contribution in [1.29, 1.82) is 0 Å². The summed E-state index contributed by atoms with van der Waals surface area (Å²) in [5, 5.41) is 27.5. The van der Waals surface area contributed by atoms with E-state index in [1.807, 2.05) is 0 Å². The molecule has 0 aromatic rings. The van der Waals surface area contributed by atoms with E-state index in [1.54, 1.807) is 0 Å². The number of aliphatic hydroxyl groups is 3. The predicted molar refractivity (Wildman–Crippen MR) is 119 cm³/mol. The monoisotopic (exact) mass is 414 g/mol. The Labute approximate surface area is 178 Å². The number of allylic oxidation sites excluding steroid dienone is 2. The van der Waals surface area contributed by atoms with Crippen molar-refractivity contribution in [2.24, 2.45) is 11.8 Å². The van der Waals surface area contributed by atoms with E-state index in [-0.39, 0.29) is 32.4 Å². The normalized spacial score (nSPS) is 12.7. The molecule has 0 aromatic heterocycles. The van der Waals surface area contributed by atoms with Crippen molar-refractivity contribution in [3.8, 4) is 0 Å². The summed E-state index contributed by atoms with van der Waals surface area (Å²) in [6.07, 6.45) is 20.9. The molecule has 1 atom stereocenters. The zero-order valence-electron chi connectivity index (χ0n) is 18.7. The van der Waals surface area contributed by atoms with Crippen LogP contribution < -0.4 is 0 Å². The highest BCUT2D eigenvalue weighted by Crippen LogP contribution is 2.13. The summed E-state index contributed by atoms with van der Waals surface area (Å²) in [6, 6.07) is 0. The molecule has 0 saturated heterocycles. The van der Waals surface area contributed by atoms with Crippen LogP contribution in [0.1, 0.15) is 96.8 Å². The molecule has 0 radical (unpaired) electrons. The van der Waals surface area contributed by atoms with Gasteiger partial charge in [-0.25, -0.2) is 0 Å². The molecule has 3 N–H and O–H groups in total. The summed E-state index contributed by atoms with van der Waals surface area (Å²) < 4.78 is 5.17. The Bertz CT molecular complexity index is 379. The van der Waals surface area contributed by atoms with Gasteiger partial charge in [-0.3, -0.25) is 4.79 Å². The van der Waals surface area contributed by atoms with Crippen LogP contribution in [0, 0.1) is 11.8 Å². The standard InChI is InChI=1S/C24H46O5/c1-2-3-4-5-6-7-8-9-10-11-12-13-14-15-16-17-24(28)29-21-23(20-27)22(18-25)19-26/h9-10,22-23,25-27H,2-8,11-21H2,1H3. The van der Waals surface area contributed by atoms with E-state index < -0.39 is 11.8 Å². The summed E-state index contributed by atoms with van der Waals surface area (Å²) >= 11 is 0. The van der Waals surface area contributed by atoms with E-state index in [2.05, 4.69) is 19.1 Å². The molecule has 0 fully saturated rings. The number of unbranched alkanes of at least 4 members (excludes halogenated alkanes) is 11. The predicted octanol–water partition coefficient (Wildman–Crippen LogP) is 4.78. The molecule has 1 unspecified atom stereocenters. The van der Waals surface area contributed by atoms with Gasteiger partial charge in [0.1, 0.15) is 0 Å². The topological polar surface area (TPSA) is 87.0 Å². The van der Waals surface area contributed by atoms with Gasteiger partial charge in [0.15, 0.2) is 0 Å². The van der Waals surface area contributed by atoms with E-state index in [0.29, 0.717) is 6.42 Å². The van der Waals surface area contributed by atoms with Gasteiger partial charge in [-0.15, -0.1) is 0 Å². The lowest BCUT2D eigenvalue weighted by Crippen LogP contribution is -2.30. The maximum atomic E-state index is 11.8.